The molecule has 0 saturated carbocycles. The zero-order valence-electron chi connectivity index (χ0n) is 8.85. The number of hydrogen-bond acceptors (Lipinski definition) is 5. The highest BCUT2D eigenvalue weighted by Gasteiger charge is 2.19. The summed E-state index contributed by atoms with van der Waals surface area (Å²) in [6.07, 6.45) is 3.63. The van der Waals surface area contributed by atoms with Crippen LogP contribution < -0.4 is 5.32 Å². The lowest BCUT2D eigenvalue weighted by Crippen LogP contribution is -2.10. The van der Waals surface area contributed by atoms with E-state index in [9.17, 15) is 0 Å². The normalized spacial score (nSPS) is 20.4. The second kappa shape index (κ2) is 4.09. The highest BCUT2D eigenvalue weighted by Crippen LogP contribution is 2.18. The molecule has 1 aliphatic heterocycles. The molecule has 0 aliphatic carbocycles. The predicted octanol–water partition coefficient (Wildman–Crippen LogP) is 1.48. The quantitative estimate of drug-likeness (QED) is 0.847. The van der Waals surface area contributed by atoms with Crippen LogP contribution in [0.25, 0.3) is 11.6 Å². The fraction of sp³-hybridized carbons (Fsp3) is 0.455. The molecule has 3 rings (SSSR count). The van der Waals surface area contributed by atoms with Crippen molar-refractivity contribution in [1.82, 2.24) is 15.5 Å². The Bertz CT molecular complexity index is 444. The van der Waals surface area contributed by atoms with E-state index in [2.05, 4.69) is 15.5 Å². The summed E-state index contributed by atoms with van der Waals surface area (Å²) in [6.45, 7) is 2.13. The summed E-state index contributed by atoms with van der Waals surface area (Å²) in [5.41, 5.74) is 0. The summed E-state index contributed by atoms with van der Waals surface area (Å²) in [4.78, 5) is 4.32. The molecule has 0 bridgehead atoms. The van der Waals surface area contributed by atoms with Crippen LogP contribution in [-0.2, 0) is 6.42 Å². The second-order valence-corrected chi connectivity index (χ2v) is 4.05. The fourth-order valence-electron chi connectivity index (χ4n) is 1.98. The molecule has 84 valence electrons. The zero-order valence-corrected chi connectivity index (χ0v) is 8.85. The van der Waals surface area contributed by atoms with E-state index in [4.69, 9.17) is 8.94 Å². The number of furan rings is 1. The Labute approximate surface area is 92.8 Å². The van der Waals surface area contributed by atoms with Crippen molar-refractivity contribution >= 4 is 0 Å². The van der Waals surface area contributed by atoms with Crippen molar-refractivity contribution < 1.29 is 8.94 Å². The predicted molar refractivity (Wildman–Crippen MR) is 56.7 cm³/mol. The third-order valence-corrected chi connectivity index (χ3v) is 2.84. The Morgan fingerprint density at radius 3 is 3.25 bits per heavy atom. The van der Waals surface area contributed by atoms with E-state index < -0.39 is 0 Å². The Hall–Kier alpha value is -1.62. The van der Waals surface area contributed by atoms with E-state index in [0.29, 0.717) is 23.4 Å². The Morgan fingerprint density at radius 2 is 2.50 bits per heavy atom. The van der Waals surface area contributed by atoms with Crippen molar-refractivity contribution in [2.45, 2.75) is 12.8 Å². The van der Waals surface area contributed by atoms with Crippen molar-refractivity contribution in [2.24, 2.45) is 5.92 Å². The van der Waals surface area contributed by atoms with Crippen molar-refractivity contribution in [2.75, 3.05) is 13.1 Å². The van der Waals surface area contributed by atoms with E-state index >= 15 is 0 Å². The van der Waals surface area contributed by atoms with Gasteiger partial charge in [-0.05, 0) is 37.6 Å². The molecule has 0 aromatic carbocycles. The van der Waals surface area contributed by atoms with Gasteiger partial charge in [0.2, 0.25) is 11.7 Å². The van der Waals surface area contributed by atoms with Crippen molar-refractivity contribution in [1.29, 1.82) is 0 Å². The lowest BCUT2D eigenvalue weighted by Gasteiger charge is -2.01. The molecular weight excluding hydrogens is 206 g/mol. The van der Waals surface area contributed by atoms with Crippen LogP contribution in [-0.4, -0.2) is 23.2 Å². The molecule has 0 spiro atoms. The molecule has 3 heterocycles. The molecule has 0 amide bonds. The fourth-order valence-corrected chi connectivity index (χ4v) is 1.98. The van der Waals surface area contributed by atoms with Gasteiger partial charge in [0.25, 0.3) is 0 Å². The van der Waals surface area contributed by atoms with Gasteiger partial charge in [0.05, 0.1) is 6.26 Å². The zero-order chi connectivity index (χ0) is 10.8. The summed E-state index contributed by atoms with van der Waals surface area (Å²) < 4.78 is 10.4. The van der Waals surface area contributed by atoms with Gasteiger partial charge in [-0.15, -0.1) is 0 Å². The molecule has 1 aliphatic rings. The molecule has 2 aromatic rings. The number of nitrogens with one attached hydrogen (secondary N) is 1. The van der Waals surface area contributed by atoms with E-state index in [-0.39, 0.29) is 0 Å². The molecule has 1 saturated heterocycles. The first-order valence-electron chi connectivity index (χ1n) is 5.49. The third-order valence-electron chi connectivity index (χ3n) is 2.84. The minimum atomic E-state index is 0.533. The summed E-state index contributed by atoms with van der Waals surface area (Å²) in [5.74, 6) is 2.50. The lowest BCUT2D eigenvalue weighted by molar-refractivity contribution is 0.357. The van der Waals surface area contributed by atoms with Crippen LogP contribution in [0, 0.1) is 5.92 Å². The summed E-state index contributed by atoms with van der Waals surface area (Å²) in [7, 11) is 0. The molecule has 1 N–H and O–H groups in total. The van der Waals surface area contributed by atoms with Gasteiger partial charge in [-0.3, -0.25) is 0 Å². The number of rotatable bonds is 3. The Balaban J connectivity index is 1.72. The maximum Gasteiger partial charge on any atom is 0.238 e. The SMILES string of the molecule is c1coc(-c2noc(CC3CCNC3)n2)c1. The molecule has 1 atom stereocenters. The standard InChI is InChI=1S/C11H13N3O2/c1-2-9(15-5-1)11-13-10(16-14-11)6-8-3-4-12-7-8/h1-2,5,8,12H,3-4,6-7H2. The average Bonchev–Trinajstić information content (AvgIpc) is 2.99. The van der Waals surface area contributed by atoms with Gasteiger partial charge in [0.15, 0.2) is 5.76 Å². The molecule has 16 heavy (non-hydrogen) atoms. The first-order valence-corrected chi connectivity index (χ1v) is 5.49. The van der Waals surface area contributed by atoms with E-state index in [1.165, 1.54) is 6.42 Å². The van der Waals surface area contributed by atoms with Gasteiger partial charge in [-0.25, -0.2) is 0 Å². The number of nitrogens with zero attached hydrogens (tertiary/aromatic N) is 2. The van der Waals surface area contributed by atoms with Crippen LogP contribution in [0.3, 0.4) is 0 Å². The van der Waals surface area contributed by atoms with E-state index in [0.717, 1.165) is 19.5 Å². The summed E-state index contributed by atoms with van der Waals surface area (Å²) in [6, 6.07) is 3.64. The Kier molecular flexibility index (Phi) is 2.46. The smallest absolute Gasteiger partial charge is 0.238 e. The van der Waals surface area contributed by atoms with Gasteiger partial charge in [0.1, 0.15) is 0 Å². The molecule has 5 nitrogen and oxygen atoms in total. The minimum absolute atomic E-state index is 0.533. The number of hydrogen-bond donors (Lipinski definition) is 1. The molecule has 5 heteroatoms. The van der Waals surface area contributed by atoms with Crippen LogP contribution in [0.2, 0.25) is 0 Å². The van der Waals surface area contributed by atoms with Crippen LogP contribution in [0.4, 0.5) is 0 Å². The van der Waals surface area contributed by atoms with Gasteiger partial charge >= 0.3 is 0 Å². The summed E-state index contributed by atoms with van der Waals surface area (Å²) >= 11 is 0. The first-order chi connectivity index (χ1) is 7.92. The number of aromatic nitrogens is 2. The van der Waals surface area contributed by atoms with Crippen molar-refractivity contribution in [3.8, 4) is 11.6 Å². The largest absolute Gasteiger partial charge is 0.461 e. The van der Waals surface area contributed by atoms with Crippen LogP contribution in [0.5, 0.6) is 0 Å². The highest BCUT2D eigenvalue weighted by atomic mass is 16.5. The van der Waals surface area contributed by atoms with Crippen molar-refractivity contribution in [3.05, 3.63) is 24.3 Å². The van der Waals surface area contributed by atoms with Crippen LogP contribution >= 0.6 is 0 Å². The van der Waals surface area contributed by atoms with Crippen LogP contribution in [0.1, 0.15) is 12.3 Å². The average molecular weight is 219 g/mol. The van der Waals surface area contributed by atoms with Gasteiger partial charge in [-0.2, -0.15) is 4.98 Å². The van der Waals surface area contributed by atoms with Crippen molar-refractivity contribution in [3.63, 3.8) is 0 Å². The first kappa shape index (κ1) is 9.59. The summed E-state index contributed by atoms with van der Waals surface area (Å²) in [5, 5.41) is 7.22. The van der Waals surface area contributed by atoms with Gasteiger partial charge in [-0.1, -0.05) is 5.16 Å². The maximum absolute atomic E-state index is 5.21. The van der Waals surface area contributed by atoms with E-state index in [1.807, 2.05) is 12.1 Å². The maximum atomic E-state index is 5.21. The van der Waals surface area contributed by atoms with Gasteiger partial charge in [0, 0.05) is 6.42 Å². The highest BCUT2D eigenvalue weighted by molar-refractivity contribution is 5.44. The Morgan fingerprint density at radius 1 is 1.50 bits per heavy atom. The van der Waals surface area contributed by atoms with E-state index in [1.54, 1.807) is 6.26 Å². The molecule has 2 aromatic heterocycles. The minimum Gasteiger partial charge on any atom is -0.461 e. The topological polar surface area (TPSA) is 64.1 Å². The molecule has 1 unspecified atom stereocenters. The van der Waals surface area contributed by atoms with Crippen LogP contribution in [0.15, 0.2) is 27.3 Å². The monoisotopic (exact) mass is 219 g/mol. The molecular formula is C11H13N3O2. The molecule has 0 radical (unpaired) electrons. The second-order valence-electron chi connectivity index (χ2n) is 4.05. The van der Waals surface area contributed by atoms with Gasteiger partial charge < -0.3 is 14.3 Å². The third kappa shape index (κ3) is 1.86. The lowest BCUT2D eigenvalue weighted by atomic mass is 10.1. The molecule has 1 fully saturated rings.